The van der Waals surface area contributed by atoms with Crippen LogP contribution in [0.2, 0.25) is 0 Å². The van der Waals surface area contributed by atoms with Crippen LogP contribution in [0.5, 0.6) is 0 Å². The van der Waals surface area contributed by atoms with Gasteiger partial charge in [0.15, 0.2) is 5.82 Å². The van der Waals surface area contributed by atoms with Crippen LogP contribution in [0.1, 0.15) is 20.8 Å². The summed E-state index contributed by atoms with van der Waals surface area (Å²) in [4.78, 5) is 26.4. The number of carbonyl (C=O) groups excluding carboxylic acids is 2. The number of ether oxygens (including phenoxy) is 2. The highest BCUT2D eigenvalue weighted by atomic mass is 16.6. The molecule has 1 aromatic rings. The summed E-state index contributed by atoms with van der Waals surface area (Å²) in [6.45, 7) is 5.34. The SMILES string of the molecule is COC(=O)Cn1cnc(NC(=O)OC(C)(C)C)c1. The average molecular weight is 255 g/mol. The average Bonchev–Trinajstić information content (AvgIpc) is 2.62. The third-order valence-corrected chi connectivity index (χ3v) is 1.80. The first-order valence-corrected chi connectivity index (χ1v) is 5.39. The first-order valence-electron chi connectivity index (χ1n) is 5.39. The lowest BCUT2D eigenvalue weighted by Gasteiger charge is -2.18. The molecule has 0 saturated heterocycles. The third kappa shape index (κ3) is 4.86. The first-order chi connectivity index (χ1) is 8.30. The molecule has 100 valence electrons. The van der Waals surface area contributed by atoms with Gasteiger partial charge in [0, 0.05) is 6.20 Å². The fourth-order valence-corrected chi connectivity index (χ4v) is 1.13. The van der Waals surface area contributed by atoms with E-state index in [2.05, 4.69) is 15.0 Å². The summed E-state index contributed by atoms with van der Waals surface area (Å²) in [5, 5.41) is 2.46. The van der Waals surface area contributed by atoms with Gasteiger partial charge in [-0.1, -0.05) is 0 Å². The van der Waals surface area contributed by atoms with Gasteiger partial charge < -0.3 is 14.0 Å². The van der Waals surface area contributed by atoms with Crippen LogP contribution in [0.4, 0.5) is 10.6 Å². The van der Waals surface area contributed by atoms with Crippen LogP contribution in [0, 0.1) is 0 Å². The van der Waals surface area contributed by atoms with Crippen LogP contribution in [0.25, 0.3) is 0 Å². The zero-order chi connectivity index (χ0) is 13.8. The summed E-state index contributed by atoms with van der Waals surface area (Å²) in [5.74, 6) is -0.0793. The highest BCUT2D eigenvalue weighted by Gasteiger charge is 2.17. The van der Waals surface area contributed by atoms with Crippen LogP contribution < -0.4 is 5.32 Å². The predicted octanol–water partition coefficient (Wildman–Crippen LogP) is 1.40. The van der Waals surface area contributed by atoms with Crippen LogP contribution in [-0.4, -0.2) is 34.3 Å². The van der Waals surface area contributed by atoms with E-state index in [0.717, 1.165) is 0 Å². The minimum absolute atomic E-state index is 0.0412. The molecule has 7 nitrogen and oxygen atoms in total. The molecular weight excluding hydrogens is 238 g/mol. The number of hydrogen-bond acceptors (Lipinski definition) is 5. The summed E-state index contributed by atoms with van der Waals surface area (Å²) in [7, 11) is 1.30. The van der Waals surface area contributed by atoms with Crippen LogP contribution in [0.3, 0.4) is 0 Å². The van der Waals surface area contributed by atoms with Gasteiger partial charge in [-0.3, -0.25) is 10.1 Å². The van der Waals surface area contributed by atoms with Gasteiger partial charge >= 0.3 is 12.1 Å². The second kappa shape index (κ2) is 5.52. The molecule has 0 aliphatic carbocycles. The van der Waals surface area contributed by atoms with Crippen molar-refractivity contribution in [3.05, 3.63) is 12.5 Å². The third-order valence-electron chi connectivity index (χ3n) is 1.80. The Morgan fingerprint density at radius 2 is 2.11 bits per heavy atom. The largest absolute Gasteiger partial charge is 0.468 e. The number of nitrogens with one attached hydrogen (secondary N) is 1. The Bertz CT molecular complexity index is 434. The number of anilines is 1. The molecule has 0 aliphatic rings. The van der Waals surface area contributed by atoms with E-state index in [1.54, 1.807) is 20.8 Å². The highest BCUT2D eigenvalue weighted by Crippen LogP contribution is 2.10. The van der Waals surface area contributed by atoms with E-state index in [0.29, 0.717) is 5.82 Å². The Balaban J connectivity index is 2.54. The standard InChI is InChI=1S/C11H17N3O4/c1-11(2,3)18-10(16)13-8-5-14(7-12-8)6-9(15)17-4/h5,7H,6H2,1-4H3,(H,13,16). The zero-order valence-electron chi connectivity index (χ0n) is 10.9. The van der Waals surface area contributed by atoms with Gasteiger partial charge in [-0.25, -0.2) is 9.78 Å². The molecule has 1 aromatic heterocycles. The van der Waals surface area contributed by atoms with Crippen molar-refractivity contribution in [3.63, 3.8) is 0 Å². The van der Waals surface area contributed by atoms with Crippen LogP contribution in [-0.2, 0) is 20.8 Å². The summed E-state index contributed by atoms with van der Waals surface area (Å²) in [6.07, 6.45) is 2.34. The second-order valence-corrected chi connectivity index (χ2v) is 4.63. The first kappa shape index (κ1) is 14.0. The van der Waals surface area contributed by atoms with E-state index in [9.17, 15) is 9.59 Å². The maximum atomic E-state index is 11.4. The lowest BCUT2D eigenvalue weighted by atomic mass is 10.2. The van der Waals surface area contributed by atoms with E-state index in [-0.39, 0.29) is 6.54 Å². The Kier molecular flexibility index (Phi) is 4.30. The Labute approximate surface area is 105 Å². The molecular formula is C11H17N3O4. The molecule has 0 radical (unpaired) electrons. The van der Waals surface area contributed by atoms with Crippen molar-refractivity contribution in [2.24, 2.45) is 0 Å². The lowest BCUT2D eigenvalue weighted by Crippen LogP contribution is -2.27. The minimum Gasteiger partial charge on any atom is -0.468 e. The van der Waals surface area contributed by atoms with E-state index in [1.807, 2.05) is 0 Å². The Morgan fingerprint density at radius 1 is 1.44 bits per heavy atom. The molecule has 0 bridgehead atoms. The molecule has 1 rings (SSSR count). The van der Waals surface area contributed by atoms with Crippen molar-refractivity contribution in [3.8, 4) is 0 Å². The number of nitrogens with zero attached hydrogens (tertiary/aromatic N) is 2. The number of hydrogen-bond donors (Lipinski definition) is 1. The van der Waals surface area contributed by atoms with Gasteiger partial charge in [-0.2, -0.15) is 0 Å². The van der Waals surface area contributed by atoms with Gasteiger partial charge in [-0.15, -0.1) is 0 Å². The Hall–Kier alpha value is -2.05. The second-order valence-electron chi connectivity index (χ2n) is 4.63. The lowest BCUT2D eigenvalue weighted by molar-refractivity contribution is -0.141. The molecule has 0 aromatic carbocycles. The molecule has 0 fully saturated rings. The fraction of sp³-hybridized carbons (Fsp3) is 0.545. The maximum Gasteiger partial charge on any atom is 0.413 e. The van der Waals surface area contributed by atoms with Gasteiger partial charge in [0.05, 0.1) is 13.4 Å². The number of carbonyl (C=O) groups is 2. The quantitative estimate of drug-likeness (QED) is 0.825. The van der Waals surface area contributed by atoms with Crippen LogP contribution in [0.15, 0.2) is 12.5 Å². The fourth-order valence-electron chi connectivity index (χ4n) is 1.13. The molecule has 0 atom stereocenters. The summed E-state index contributed by atoms with van der Waals surface area (Å²) in [6, 6.07) is 0. The number of methoxy groups -OCH3 is 1. The van der Waals surface area contributed by atoms with Gasteiger partial charge in [0.1, 0.15) is 12.1 Å². The molecule has 0 spiro atoms. The molecule has 1 N–H and O–H groups in total. The molecule has 0 saturated carbocycles. The minimum atomic E-state index is -0.592. The normalized spacial score (nSPS) is 10.9. The summed E-state index contributed by atoms with van der Waals surface area (Å²) < 4.78 is 11.1. The number of imidazole rings is 1. The van der Waals surface area contributed by atoms with Gasteiger partial charge in [0.2, 0.25) is 0 Å². The zero-order valence-corrected chi connectivity index (χ0v) is 10.9. The van der Waals surface area contributed by atoms with Crippen molar-refractivity contribution in [2.45, 2.75) is 32.9 Å². The van der Waals surface area contributed by atoms with E-state index in [4.69, 9.17) is 4.74 Å². The molecule has 0 aliphatic heterocycles. The van der Waals surface area contributed by atoms with Crippen molar-refractivity contribution in [2.75, 3.05) is 12.4 Å². The number of esters is 1. The van der Waals surface area contributed by atoms with Crippen molar-refractivity contribution in [1.82, 2.24) is 9.55 Å². The maximum absolute atomic E-state index is 11.4. The monoisotopic (exact) mass is 255 g/mol. The molecule has 1 amide bonds. The smallest absolute Gasteiger partial charge is 0.413 e. The van der Waals surface area contributed by atoms with E-state index < -0.39 is 17.7 Å². The van der Waals surface area contributed by atoms with Crippen LogP contribution >= 0.6 is 0 Å². The highest BCUT2D eigenvalue weighted by molar-refractivity contribution is 5.83. The number of amides is 1. The van der Waals surface area contributed by atoms with Crippen molar-refractivity contribution >= 4 is 17.9 Å². The van der Waals surface area contributed by atoms with Gasteiger partial charge in [0.25, 0.3) is 0 Å². The number of aromatic nitrogens is 2. The Morgan fingerprint density at radius 3 is 2.67 bits per heavy atom. The molecule has 7 heteroatoms. The van der Waals surface area contributed by atoms with Crippen molar-refractivity contribution in [1.29, 1.82) is 0 Å². The topological polar surface area (TPSA) is 82.5 Å². The van der Waals surface area contributed by atoms with E-state index in [1.165, 1.54) is 24.2 Å². The predicted molar refractivity (Wildman–Crippen MR) is 64.1 cm³/mol. The van der Waals surface area contributed by atoms with Crippen molar-refractivity contribution < 1.29 is 19.1 Å². The number of rotatable bonds is 3. The summed E-state index contributed by atoms with van der Waals surface area (Å²) in [5.41, 5.74) is -0.571. The molecule has 18 heavy (non-hydrogen) atoms. The molecule has 0 unspecified atom stereocenters. The van der Waals surface area contributed by atoms with E-state index >= 15 is 0 Å². The summed E-state index contributed by atoms with van der Waals surface area (Å²) >= 11 is 0. The van der Waals surface area contributed by atoms with Gasteiger partial charge in [-0.05, 0) is 20.8 Å². The molecule has 1 heterocycles.